The molecule has 0 atom stereocenters. The summed E-state index contributed by atoms with van der Waals surface area (Å²) < 4.78 is 11.4. The van der Waals surface area contributed by atoms with Crippen molar-refractivity contribution in [1.82, 2.24) is 0 Å². The molecule has 19 heavy (non-hydrogen) atoms. The van der Waals surface area contributed by atoms with Gasteiger partial charge in [-0.25, -0.2) is 4.79 Å². The summed E-state index contributed by atoms with van der Waals surface area (Å²) in [5.74, 6) is -0.241. The average Bonchev–Trinajstić information content (AvgIpc) is 2.36. The van der Waals surface area contributed by atoms with Crippen LogP contribution < -0.4 is 0 Å². The van der Waals surface area contributed by atoms with Gasteiger partial charge < -0.3 is 9.16 Å². The summed E-state index contributed by atoms with van der Waals surface area (Å²) in [5.41, 5.74) is 0. The van der Waals surface area contributed by atoms with Crippen molar-refractivity contribution in [3.63, 3.8) is 0 Å². The number of carbonyl (C=O) groups excluding carboxylic acids is 1. The lowest BCUT2D eigenvalue weighted by atomic mass is 9.98. The Balaban J connectivity index is 2.16. The van der Waals surface area contributed by atoms with Crippen LogP contribution in [0.25, 0.3) is 0 Å². The van der Waals surface area contributed by atoms with Crippen molar-refractivity contribution in [2.24, 2.45) is 0 Å². The van der Waals surface area contributed by atoms with Crippen LogP contribution in [0.15, 0.2) is 12.2 Å². The van der Waals surface area contributed by atoms with E-state index in [2.05, 4.69) is 13.1 Å². The molecule has 0 spiro atoms. The van der Waals surface area contributed by atoms with E-state index in [1.165, 1.54) is 38.2 Å². The maximum Gasteiger partial charge on any atom is 0.330 e. The molecule has 0 unspecified atom stereocenters. The van der Waals surface area contributed by atoms with E-state index >= 15 is 0 Å². The van der Waals surface area contributed by atoms with E-state index in [-0.39, 0.29) is 5.97 Å². The van der Waals surface area contributed by atoms with Gasteiger partial charge in [-0.05, 0) is 45.3 Å². The molecule has 1 fully saturated rings. The van der Waals surface area contributed by atoms with Crippen LogP contribution in [0.5, 0.6) is 0 Å². The molecule has 0 aliphatic heterocycles. The first-order valence-electron chi connectivity index (χ1n) is 7.51. The highest BCUT2D eigenvalue weighted by molar-refractivity contribution is 6.71. The van der Waals surface area contributed by atoms with Crippen molar-refractivity contribution in [3.8, 4) is 0 Å². The minimum Gasteiger partial charge on any atom is -0.463 e. The molecule has 3 nitrogen and oxygen atoms in total. The number of hydrogen-bond donors (Lipinski definition) is 0. The first-order chi connectivity index (χ1) is 9.03. The number of carbonyl (C=O) groups is 1. The lowest BCUT2D eigenvalue weighted by Crippen LogP contribution is -2.36. The maximum atomic E-state index is 11.2. The molecular weight excluding hydrogens is 256 g/mol. The fourth-order valence-corrected chi connectivity index (χ4v) is 4.80. The fraction of sp³-hybridized carbons (Fsp3) is 0.800. The Labute approximate surface area is 118 Å². The third kappa shape index (κ3) is 7.53. The van der Waals surface area contributed by atoms with Crippen LogP contribution in [-0.2, 0) is 14.0 Å². The van der Waals surface area contributed by atoms with Crippen molar-refractivity contribution >= 4 is 14.3 Å². The topological polar surface area (TPSA) is 35.5 Å². The summed E-state index contributed by atoms with van der Waals surface area (Å²) in [7, 11) is -1.59. The van der Waals surface area contributed by atoms with Gasteiger partial charge in [0.05, 0.1) is 6.61 Å². The zero-order chi connectivity index (χ0) is 14.1. The van der Waals surface area contributed by atoms with Crippen LogP contribution in [0, 0.1) is 0 Å². The van der Waals surface area contributed by atoms with Crippen molar-refractivity contribution in [2.45, 2.75) is 70.7 Å². The molecule has 4 heteroatoms. The van der Waals surface area contributed by atoms with Crippen LogP contribution in [0.2, 0.25) is 19.1 Å². The van der Waals surface area contributed by atoms with Gasteiger partial charge in [-0.3, -0.25) is 0 Å². The zero-order valence-electron chi connectivity index (χ0n) is 12.6. The standard InChI is InChI=1S/C15H28O3Si/c1-4-9-15(16)17-12-8-13-19(2,3)18-14-10-6-5-7-11-14/h4,9,14H,5-8,10-13H2,1-3H3. The summed E-state index contributed by atoms with van der Waals surface area (Å²) in [6.45, 7) is 6.87. The third-order valence-corrected chi connectivity index (χ3v) is 6.04. The number of ether oxygens (including phenoxy) is 1. The van der Waals surface area contributed by atoms with E-state index in [1.54, 1.807) is 6.08 Å². The van der Waals surface area contributed by atoms with Gasteiger partial charge in [-0.2, -0.15) is 0 Å². The molecule has 0 radical (unpaired) electrons. The monoisotopic (exact) mass is 284 g/mol. The number of rotatable bonds is 7. The largest absolute Gasteiger partial charge is 0.463 e. The molecule has 0 bridgehead atoms. The smallest absolute Gasteiger partial charge is 0.330 e. The van der Waals surface area contributed by atoms with Gasteiger partial charge in [0.1, 0.15) is 0 Å². The van der Waals surface area contributed by atoms with E-state index in [9.17, 15) is 4.79 Å². The van der Waals surface area contributed by atoms with E-state index in [1.807, 2.05) is 6.92 Å². The van der Waals surface area contributed by atoms with Crippen molar-refractivity contribution in [3.05, 3.63) is 12.2 Å². The molecule has 0 aromatic heterocycles. The molecule has 1 rings (SSSR count). The van der Waals surface area contributed by atoms with Gasteiger partial charge >= 0.3 is 5.97 Å². The summed E-state index contributed by atoms with van der Waals surface area (Å²) in [5, 5.41) is 0. The van der Waals surface area contributed by atoms with Gasteiger partial charge in [-0.15, -0.1) is 0 Å². The minimum absolute atomic E-state index is 0.241. The van der Waals surface area contributed by atoms with E-state index < -0.39 is 8.32 Å². The molecule has 1 saturated carbocycles. The lowest BCUT2D eigenvalue weighted by molar-refractivity contribution is -0.137. The van der Waals surface area contributed by atoms with E-state index in [4.69, 9.17) is 9.16 Å². The fourth-order valence-electron chi connectivity index (χ4n) is 2.55. The quantitative estimate of drug-likeness (QED) is 0.306. The second-order valence-electron chi connectivity index (χ2n) is 5.91. The molecule has 110 valence electrons. The van der Waals surface area contributed by atoms with Crippen molar-refractivity contribution in [2.75, 3.05) is 6.61 Å². The zero-order valence-corrected chi connectivity index (χ0v) is 13.6. The van der Waals surface area contributed by atoms with Gasteiger partial charge in [0, 0.05) is 12.2 Å². The molecule has 1 aliphatic rings. The first-order valence-corrected chi connectivity index (χ1v) is 10.6. The first kappa shape index (κ1) is 16.4. The highest BCUT2D eigenvalue weighted by Gasteiger charge is 2.27. The minimum atomic E-state index is -1.59. The Morgan fingerprint density at radius 1 is 1.26 bits per heavy atom. The van der Waals surface area contributed by atoms with Gasteiger partial charge in [0.25, 0.3) is 0 Å². The molecule has 0 heterocycles. The predicted octanol–water partition coefficient (Wildman–Crippen LogP) is 4.05. The lowest BCUT2D eigenvalue weighted by Gasteiger charge is -2.31. The molecule has 1 aliphatic carbocycles. The highest BCUT2D eigenvalue weighted by atomic mass is 28.4. The summed E-state index contributed by atoms with van der Waals surface area (Å²) in [4.78, 5) is 11.2. The molecule has 0 aromatic carbocycles. The summed E-state index contributed by atoms with van der Waals surface area (Å²) in [6, 6.07) is 1.06. The molecule has 0 amide bonds. The van der Waals surface area contributed by atoms with Crippen LogP contribution >= 0.6 is 0 Å². The summed E-state index contributed by atoms with van der Waals surface area (Å²) in [6.07, 6.45) is 11.0. The normalized spacial score (nSPS) is 17.8. The molecule has 0 saturated heterocycles. The number of esters is 1. The second kappa shape index (κ2) is 8.54. The SMILES string of the molecule is CC=CC(=O)OCCC[Si](C)(C)OC1CCCCC1. The van der Waals surface area contributed by atoms with Gasteiger partial charge in [0.2, 0.25) is 0 Å². The Morgan fingerprint density at radius 3 is 2.58 bits per heavy atom. The third-order valence-electron chi connectivity index (χ3n) is 3.51. The molecule has 0 aromatic rings. The second-order valence-corrected chi connectivity index (χ2v) is 10.2. The van der Waals surface area contributed by atoms with Crippen molar-refractivity contribution < 1.29 is 14.0 Å². The van der Waals surface area contributed by atoms with Crippen LogP contribution in [-0.4, -0.2) is 27.0 Å². The van der Waals surface area contributed by atoms with Gasteiger partial charge in [-0.1, -0.05) is 25.3 Å². The number of allylic oxidation sites excluding steroid dienone is 1. The number of hydrogen-bond acceptors (Lipinski definition) is 3. The van der Waals surface area contributed by atoms with Crippen LogP contribution in [0.3, 0.4) is 0 Å². The Kier molecular flexibility index (Phi) is 7.39. The maximum absolute atomic E-state index is 11.2. The highest BCUT2D eigenvalue weighted by Crippen LogP contribution is 2.25. The Morgan fingerprint density at radius 2 is 1.95 bits per heavy atom. The Bertz CT molecular complexity index is 294. The van der Waals surface area contributed by atoms with Gasteiger partial charge in [0.15, 0.2) is 8.32 Å². The summed E-state index contributed by atoms with van der Waals surface area (Å²) >= 11 is 0. The van der Waals surface area contributed by atoms with Crippen LogP contribution in [0.1, 0.15) is 45.4 Å². The van der Waals surface area contributed by atoms with Crippen molar-refractivity contribution in [1.29, 1.82) is 0 Å². The molecular formula is C15H28O3Si. The van der Waals surface area contributed by atoms with Crippen LogP contribution in [0.4, 0.5) is 0 Å². The predicted molar refractivity (Wildman–Crippen MR) is 80.6 cm³/mol. The average molecular weight is 284 g/mol. The van der Waals surface area contributed by atoms with E-state index in [0.717, 1.165) is 12.5 Å². The Hall–Kier alpha value is -0.613. The molecule has 0 N–H and O–H groups in total. The van der Waals surface area contributed by atoms with E-state index in [0.29, 0.717) is 12.7 Å².